The third kappa shape index (κ3) is 3.84. The molecule has 25 heavy (non-hydrogen) atoms. The maximum atomic E-state index is 12.8. The van der Waals surface area contributed by atoms with Crippen LogP contribution in [-0.2, 0) is 24.8 Å². The molecular weight excluding hydrogens is 340 g/mol. The first kappa shape index (κ1) is 17.5. The van der Waals surface area contributed by atoms with E-state index in [0.717, 1.165) is 11.1 Å². The van der Waals surface area contributed by atoms with Crippen molar-refractivity contribution in [1.82, 2.24) is 19.4 Å². The van der Waals surface area contributed by atoms with Crippen molar-refractivity contribution in [1.29, 1.82) is 0 Å². The zero-order valence-electron chi connectivity index (χ0n) is 14.4. The lowest BCUT2D eigenvalue weighted by Crippen LogP contribution is -2.41. The van der Waals surface area contributed by atoms with Crippen LogP contribution >= 0.6 is 11.8 Å². The molecule has 1 N–H and O–H groups in total. The summed E-state index contributed by atoms with van der Waals surface area (Å²) in [7, 11) is 1.71. The second-order valence-corrected chi connectivity index (χ2v) is 7.56. The van der Waals surface area contributed by atoms with Crippen LogP contribution in [0.5, 0.6) is 0 Å². The van der Waals surface area contributed by atoms with E-state index in [9.17, 15) is 14.4 Å². The number of carbonyl (C=O) groups excluding carboxylic acids is 1. The number of nitrogens with one attached hydrogen (secondary N) is 1. The summed E-state index contributed by atoms with van der Waals surface area (Å²) < 4.78 is 1.53. The number of aromatic nitrogens is 3. The van der Waals surface area contributed by atoms with E-state index in [-0.39, 0.29) is 22.3 Å². The zero-order chi connectivity index (χ0) is 18.1. The molecular formula is C17H20N4O3S. The Hall–Kier alpha value is -2.35. The van der Waals surface area contributed by atoms with Crippen molar-refractivity contribution in [3.05, 3.63) is 55.9 Å². The molecule has 3 rings (SSSR count). The molecule has 1 unspecified atom stereocenters. The quantitative estimate of drug-likeness (QED) is 0.647. The third-order valence-corrected chi connectivity index (χ3v) is 5.19. The van der Waals surface area contributed by atoms with Gasteiger partial charge in [0.25, 0.3) is 11.1 Å². The number of H-pyrrole nitrogens is 1. The number of thioether (sulfide) groups is 1. The van der Waals surface area contributed by atoms with Gasteiger partial charge in [0.2, 0.25) is 5.91 Å². The second kappa shape index (κ2) is 6.87. The number of hydrogen-bond donors (Lipinski definition) is 1. The summed E-state index contributed by atoms with van der Waals surface area (Å²) in [6, 6.07) is 3.07. The Morgan fingerprint density at radius 3 is 2.80 bits per heavy atom. The minimum Gasteiger partial charge on any atom is -0.337 e. The van der Waals surface area contributed by atoms with E-state index in [4.69, 9.17) is 0 Å². The van der Waals surface area contributed by atoms with E-state index < -0.39 is 0 Å². The highest BCUT2D eigenvalue weighted by Gasteiger charge is 2.26. The normalized spacial score (nSPS) is 14.9. The molecule has 1 amide bonds. The fourth-order valence-electron chi connectivity index (χ4n) is 2.91. The van der Waals surface area contributed by atoms with Crippen molar-refractivity contribution in [2.75, 3.05) is 6.54 Å². The first-order valence-corrected chi connectivity index (χ1v) is 8.93. The summed E-state index contributed by atoms with van der Waals surface area (Å²) in [4.78, 5) is 44.7. The first-order chi connectivity index (χ1) is 11.8. The smallest absolute Gasteiger partial charge is 0.251 e. The van der Waals surface area contributed by atoms with Gasteiger partial charge in [-0.1, -0.05) is 11.8 Å². The Bertz CT molecular complexity index is 934. The molecule has 0 aromatic carbocycles. The molecule has 2 aromatic heterocycles. The van der Waals surface area contributed by atoms with Crippen LogP contribution in [-0.4, -0.2) is 37.1 Å². The Kier molecular flexibility index (Phi) is 4.80. The average Bonchev–Trinajstić information content (AvgIpc) is 2.53. The Morgan fingerprint density at radius 2 is 2.08 bits per heavy atom. The lowest BCUT2D eigenvalue weighted by Gasteiger charge is -2.30. The number of carbonyl (C=O) groups is 1. The standard InChI is InChI=1S/C17H20N4O3S/c1-10-6-14(22)19-17(18-10)25-11(2)16(24)21-5-4-12-7-15(23)20(3)8-13(12)9-21/h6-8,11H,4-5,9H2,1-3H3,(H,18,19,22). The highest BCUT2D eigenvalue weighted by Crippen LogP contribution is 2.23. The molecule has 1 atom stereocenters. The summed E-state index contributed by atoms with van der Waals surface area (Å²) in [5.74, 6) is -0.00587. The largest absolute Gasteiger partial charge is 0.337 e. The molecule has 132 valence electrons. The van der Waals surface area contributed by atoms with Gasteiger partial charge in [-0.15, -0.1) is 0 Å². The maximum absolute atomic E-state index is 12.8. The van der Waals surface area contributed by atoms with Crippen LogP contribution in [0.25, 0.3) is 0 Å². The summed E-state index contributed by atoms with van der Waals surface area (Å²) in [6.45, 7) is 4.63. The van der Waals surface area contributed by atoms with Crippen molar-refractivity contribution in [3.8, 4) is 0 Å². The summed E-state index contributed by atoms with van der Waals surface area (Å²) in [6.07, 6.45) is 2.47. The zero-order valence-corrected chi connectivity index (χ0v) is 15.2. The SMILES string of the molecule is Cc1cc(=O)[nH]c(SC(C)C(=O)N2CCc3cc(=O)n(C)cc3C2)n1. The van der Waals surface area contributed by atoms with Gasteiger partial charge in [-0.3, -0.25) is 14.4 Å². The van der Waals surface area contributed by atoms with Gasteiger partial charge in [-0.2, -0.15) is 0 Å². The van der Waals surface area contributed by atoms with Gasteiger partial charge in [0.15, 0.2) is 5.16 Å². The minimum atomic E-state index is -0.362. The van der Waals surface area contributed by atoms with E-state index in [0.29, 0.717) is 30.4 Å². The van der Waals surface area contributed by atoms with Crippen LogP contribution in [0, 0.1) is 6.92 Å². The third-order valence-electron chi connectivity index (χ3n) is 4.22. The van der Waals surface area contributed by atoms with Gasteiger partial charge in [0.1, 0.15) is 0 Å². The summed E-state index contributed by atoms with van der Waals surface area (Å²) in [5, 5.41) is 0.0877. The van der Waals surface area contributed by atoms with Crippen LogP contribution in [0.15, 0.2) is 33.1 Å². The lowest BCUT2D eigenvalue weighted by molar-refractivity contribution is -0.131. The molecule has 1 aliphatic heterocycles. The Balaban J connectivity index is 1.73. The molecule has 0 saturated carbocycles. The number of aromatic amines is 1. The molecule has 0 saturated heterocycles. The topological polar surface area (TPSA) is 88.1 Å². The van der Waals surface area contributed by atoms with E-state index in [1.165, 1.54) is 22.4 Å². The maximum Gasteiger partial charge on any atom is 0.251 e. The van der Waals surface area contributed by atoms with E-state index >= 15 is 0 Å². The molecule has 7 nitrogen and oxygen atoms in total. The molecule has 2 aromatic rings. The molecule has 0 spiro atoms. The number of rotatable bonds is 3. The van der Waals surface area contributed by atoms with Crippen molar-refractivity contribution < 1.29 is 4.79 Å². The predicted molar refractivity (Wildman–Crippen MR) is 95.7 cm³/mol. The lowest BCUT2D eigenvalue weighted by atomic mass is 10.0. The highest BCUT2D eigenvalue weighted by atomic mass is 32.2. The molecule has 0 fully saturated rings. The second-order valence-electron chi connectivity index (χ2n) is 6.23. The molecule has 0 radical (unpaired) electrons. The Morgan fingerprint density at radius 1 is 1.32 bits per heavy atom. The van der Waals surface area contributed by atoms with Crippen LogP contribution in [0.3, 0.4) is 0 Å². The summed E-state index contributed by atoms with van der Waals surface area (Å²) >= 11 is 1.25. The van der Waals surface area contributed by atoms with Gasteiger partial charge in [0.05, 0.1) is 5.25 Å². The van der Waals surface area contributed by atoms with E-state index in [2.05, 4.69) is 9.97 Å². The van der Waals surface area contributed by atoms with E-state index in [1.807, 2.05) is 6.92 Å². The molecule has 1 aliphatic rings. The van der Waals surface area contributed by atoms with Gasteiger partial charge in [0, 0.05) is 44.2 Å². The van der Waals surface area contributed by atoms with Crippen LogP contribution in [0.2, 0.25) is 0 Å². The molecule has 0 bridgehead atoms. The van der Waals surface area contributed by atoms with Crippen LogP contribution in [0.1, 0.15) is 23.7 Å². The fraction of sp³-hybridized carbons (Fsp3) is 0.412. The van der Waals surface area contributed by atoms with Gasteiger partial charge in [-0.25, -0.2) is 4.98 Å². The minimum absolute atomic E-state index is 0.00587. The van der Waals surface area contributed by atoms with Crippen molar-refractivity contribution in [3.63, 3.8) is 0 Å². The number of nitrogens with zero attached hydrogens (tertiary/aromatic N) is 3. The first-order valence-electron chi connectivity index (χ1n) is 8.05. The van der Waals surface area contributed by atoms with Crippen molar-refractivity contribution >= 4 is 17.7 Å². The van der Waals surface area contributed by atoms with Crippen molar-refractivity contribution in [2.24, 2.45) is 7.05 Å². The summed E-state index contributed by atoms with van der Waals surface area (Å²) in [5.41, 5.74) is 2.39. The number of aryl methyl sites for hydroxylation is 2. The molecule has 0 aliphatic carbocycles. The fourth-order valence-corrected chi connectivity index (χ4v) is 3.85. The van der Waals surface area contributed by atoms with Crippen LogP contribution in [0.4, 0.5) is 0 Å². The number of pyridine rings is 1. The van der Waals surface area contributed by atoms with Crippen LogP contribution < -0.4 is 11.1 Å². The monoisotopic (exact) mass is 360 g/mol. The molecule has 3 heterocycles. The molecule has 8 heteroatoms. The van der Waals surface area contributed by atoms with Crippen molar-refractivity contribution in [2.45, 2.75) is 37.2 Å². The number of hydrogen-bond acceptors (Lipinski definition) is 5. The van der Waals surface area contributed by atoms with Gasteiger partial charge < -0.3 is 14.5 Å². The van der Waals surface area contributed by atoms with Gasteiger partial charge >= 0.3 is 0 Å². The number of fused-ring (bicyclic) bond motifs is 1. The average molecular weight is 360 g/mol. The predicted octanol–water partition coefficient (Wildman–Crippen LogP) is 0.843. The highest BCUT2D eigenvalue weighted by molar-refractivity contribution is 8.00. The number of amides is 1. The Labute approximate surface area is 149 Å². The van der Waals surface area contributed by atoms with Gasteiger partial charge in [-0.05, 0) is 31.4 Å². The van der Waals surface area contributed by atoms with E-state index in [1.54, 1.807) is 31.1 Å².